The van der Waals surface area contributed by atoms with Crippen LogP contribution in [0.1, 0.15) is 57.4 Å². The largest absolute Gasteiger partial charge is 0.289 e. The molecule has 0 saturated carbocycles. The molecule has 2 aliphatic rings. The number of fused-ring (bicyclic) bond motifs is 2. The highest BCUT2D eigenvalue weighted by Gasteiger charge is 2.31. The molecule has 0 saturated heterocycles. The van der Waals surface area contributed by atoms with Crippen LogP contribution in [-0.2, 0) is 0 Å². The third-order valence-corrected chi connectivity index (χ3v) is 5.44. The fourth-order valence-electron chi connectivity index (χ4n) is 2.62. The highest BCUT2D eigenvalue weighted by atomic mass is 32.2. The molecule has 116 valence electrons. The van der Waals surface area contributed by atoms with Gasteiger partial charge in [-0.3, -0.25) is 24.0 Å². The molecule has 2 aromatic rings. The lowest BCUT2D eigenvalue weighted by molar-refractivity contribution is 0.103. The van der Waals surface area contributed by atoms with E-state index in [-0.39, 0.29) is 48.5 Å². The number of benzene rings is 2. The number of hydrogen-bond acceptors (Lipinski definition) is 7. The molecule has 0 fully saturated rings. The van der Waals surface area contributed by atoms with Gasteiger partial charge in [-0.05, 0) is 47.8 Å². The maximum Gasteiger partial charge on any atom is 0.227 e. The van der Waals surface area contributed by atoms with Gasteiger partial charge in [-0.1, -0.05) is 12.1 Å². The van der Waals surface area contributed by atoms with Crippen LogP contribution in [0.2, 0.25) is 0 Å². The Balaban J connectivity index is 1.76. The number of carbonyl (C=O) groups excluding carboxylic acids is 5. The molecular weight excluding hydrogens is 348 g/mol. The van der Waals surface area contributed by atoms with Gasteiger partial charge in [0.25, 0.3) is 0 Å². The van der Waals surface area contributed by atoms with E-state index in [1.165, 1.54) is 36.4 Å². The minimum Gasteiger partial charge on any atom is -0.289 e. The Morgan fingerprint density at radius 3 is 1.38 bits per heavy atom. The molecule has 0 amide bonds. The first-order chi connectivity index (χ1) is 11.5. The molecule has 0 bridgehead atoms. The first-order valence-electron chi connectivity index (χ1n) is 6.81. The van der Waals surface area contributed by atoms with Gasteiger partial charge in [0, 0.05) is 33.4 Å². The van der Waals surface area contributed by atoms with Gasteiger partial charge in [-0.25, -0.2) is 0 Å². The Hall–Kier alpha value is -2.51. The molecule has 7 heteroatoms. The second-order valence-electron chi connectivity index (χ2n) is 5.20. The van der Waals surface area contributed by atoms with Gasteiger partial charge in [0.15, 0.2) is 5.78 Å². The molecule has 5 nitrogen and oxygen atoms in total. The van der Waals surface area contributed by atoms with Crippen LogP contribution < -0.4 is 0 Å². The lowest BCUT2D eigenvalue weighted by Crippen LogP contribution is -2.05. The summed E-state index contributed by atoms with van der Waals surface area (Å²) in [6, 6.07) is 8.67. The van der Waals surface area contributed by atoms with Crippen molar-refractivity contribution in [3.8, 4) is 0 Å². The molecule has 0 unspecified atom stereocenters. The highest BCUT2D eigenvalue weighted by molar-refractivity contribution is 8.28. The lowest BCUT2D eigenvalue weighted by atomic mass is 9.96. The number of ketones is 1. The topological polar surface area (TPSA) is 85.3 Å². The van der Waals surface area contributed by atoms with Crippen LogP contribution in [0.3, 0.4) is 0 Å². The quantitative estimate of drug-likeness (QED) is 0.766. The molecular formula is C17H6O5S2. The Bertz CT molecular complexity index is 927. The third-order valence-electron chi connectivity index (χ3n) is 3.81. The summed E-state index contributed by atoms with van der Waals surface area (Å²) < 4.78 is 0. The van der Waals surface area contributed by atoms with Gasteiger partial charge in [-0.2, -0.15) is 0 Å². The first kappa shape index (κ1) is 15.0. The number of rotatable bonds is 2. The Labute approximate surface area is 143 Å². The van der Waals surface area contributed by atoms with E-state index in [1.807, 2.05) is 0 Å². The van der Waals surface area contributed by atoms with E-state index >= 15 is 0 Å². The summed E-state index contributed by atoms with van der Waals surface area (Å²) in [5, 5.41) is -1.41. The fourth-order valence-corrected chi connectivity index (χ4v) is 4.09. The van der Waals surface area contributed by atoms with E-state index in [2.05, 4.69) is 0 Å². The summed E-state index contributed by atoms with van der Waals surface area (Å²) in [5.41, 5.74) is 1.54. The molecule has 2 aliphatic heterocycles. The predicted molar refractivity (Wildman–Crippen MR) is 88.8 cm³/mol. The summed E-state index contributed by atoms with van der Waals surface area (Å²) >= 11 is 1.22. The van der Waals surface area contributed by atoms with Crippen LogP contribution in [0.25, 0.3) is 0 Å². The summed E-state index contributed by atoms with van der Waals surface area (Å²) in [5.74, 6) is -0.380. The fraction of sp³-hybridized carbons (Fsp3) is 0. The van der Waals surface area contributed by atoms with Gasteiger partial charge in [0.2, 0.25) is 20.5 Å². The van der Waals surface area contributed by atoms with E-state index in [1.54, 1.807) is 0 Å². The number of hydrogen-bond donors (Lipinski definition) is 0. The van der Waals surface area contributed by atoms with Crippen molar-refractivity contribution in [1.29, 1.82) is 0 Å². The molecule has 2 heterocycles. The lowest BCUT2D eigenvalue weighted by Gasteiger charge is -2.04. The highest BCUT2D eigenvalue weighted by Crippen LogP contribution is 2.33. The van der Waals surface area contributed by atoms with Crippen LogP contribution in [0, 0.1) is 0 Å². The van der Waals surface area contributed by atoms with E-state index < -0.39 is 0 Å². The molecule has 0 atom stereocenters. The molecule has 0 aromatic heterocycles. The Kier molecular flexibility index (Phi) is 3.29. The van der Waals surface area contributed by atoms with E-state index in [9.17, 15) is 24.0 Å². The zero-order valence-corrected chi connectivity index (χ0v) is 13.5. The van der Waals surface area contributed by atoms with Crippen LogP contribution in [-0.4, -0.2) is 26.2 Å². The summed E-state index contributed by atoms with van der Waals surface area (Å²) in [7, 11) is 0. The summed E-state index contributed by atoms with van der Waals surface area (Å²) in [4.78, 5) is 59.4. The first-order valence-corrected chi connectivity index (χ1v) is 8.45. The van der Waals surface area contributed by atoms with Gasteiger partial charge < -0.3 is 0 Å². The zero-order valence-electron chi connectivity index (χ0n) is 11.8. The average molecular weight is 354 g/mol. The molecule has 4 rings (SSSR count). The van der Waals surface area contributed by atoms with Crippen molar-refractivity contribution >= 4 is 49.8 Å². The second kappa shape index (κ2) is 5.25. The minimum absolute atomic E-state index is 0.221. The minimum atomic E-state index is -0.380. The molecule has 0 radical (unpaired) electrons. The van der Waals surface area contributed by atoms with Crippen LogP contribution in [0.5, 0.6) is 0 Å². The van der Waals surface area contributed by atoms with Gasteiger partial charge in [0.05, 0.1) is 0 Å². The van der Waals surface area contributed by atoms with Crippen LogP contribution >= 0.6 is 23.5 Å². The number of carbonyl (C=O) groups is 5. The second-order valence-corrected chi connectivity index (χ2v) is 7.10. The van der Waals surface area contributed by atoms with Crippen LogP contribution in [0.4, 0.5) is 0 Å². The van der Waals surface area contributed by atoms with Crippen molar-refractivity contribution in [1.82, 2.24) is 0 Å². The monoisotopic (exact) mass is 354 g/mol. The van der Waals surface area contributed by atoms with Crippen molar-refractivity contribution in [2.45, 2.75) is 0 Å². The summed E-state index contributed by atoms with van der Waals surface area (Å²) in [6.45, 7) is 0. The van der Waals surface area contributed by atoms with Crippen molar-refractivity contribution < 1.29 is 24.0 Å². The third kappa shape index (κ3) is 2.16. The van der Waals surface area contributed by atoms with Crippen molar-refractivity contribution in [3.05, 3.63) is 69.8 Å². The Morgan fingerprint density at radius 2 is 0.958 bits per heavy atom. The molecule has 2 aromatic carbocycles. The standard InChI is InChI=1S/C17H6O5S2/c18-13(7-1-3-9-11(5-7)16(21)23-14(9)19)8-2-4-10-12(6-8)17(22)24-15(10)20/h1-6H. The molecule has 24 heavy (non-hydrogen) atoms. The smallest absolute Gasteiger partial charge is 0.227 e. The summed E-state index contributed by atoms with van der Waals surface area (Å²) in [6.07, 6.45) is 0. The molecule has 0 aliphatic carbocycles. The maximum atomic E-state index is 12.6. The van der Waals surface area contributed by atoms with E-state index in [0.29, 0.717) is 34.7 Å². The Morgan fingerprint density at radius 1 is 0.583 bits per heavy atom. The number of thioether (sulfide) groups is 2. The van der Waals surface area contributed by atoms with E-state index in [4.69, 9.17) is 0 Å². The van der Waals surface area contributed by atoms with Gasteiger partial charge in [-0.15, -0.1) is 0 Å². The van der Waals surface area contributed by atoms with Crippen LogP contribution in [0.15, 0.2) is 36.4 Å². The maximum absolute atomic E-state index is 12.6. The SMILES string of the molecule is O=C(c1ccc2c(c1)C(=O)SC2=O)c1ccc2c(c1)C(=O)SC2=O. The normalized spacial score (nSPS) is 15.7. The van der Waals surface area contributed by atoms with Crippen molar-refractivity contribution in [2.75, 3.05) is 0 Å². The van der Waals surface area contributed by atoms with Gasteiger partial charge >= 0.3 is 0 Å². The van der Waals surface area contributed by atoms with Crippen molar-refractivity contribution in [3.63, 3.8) is 0 Å². The predicted octanol–water partition coefficient (Wildman–Crippen LogP) is 2.97. The van der Waals surface area contributed by atoms with Crippen molar-refractivity contribution in [2.24, 2.45) is 0 Å². The van der Waals surface area contributed by atoms with Gasteiger partial charge in [0.1, 0.15) is 0 Å². The average Bonchev–Trinajstić information content (AvgIpc) is 3.02. The molecule has 0 spiro atoms. The molecule has 0 N–H and O–H groups in total. The van der Waals surface area contributed by atoms with E-state index in [0.717, 1.165) is 0 Å². The zero-order chi connectivity index (χ0) is 17.0.